The minimum Gasteiger partial charge on any atom is -0.491 e. The number of anilines is 2. The van der Waals surface area contributed by atoms with Crippen molar-refractivity contribution in [2.45, 2.75) is 73.8 Å². The van der Waals surface area contributed by atoms with Gasteiger partial charge in [-0.2, -0.15) is 0 Å². The minimum atomic E-state index is -0.228. The van der Waals surface area contributed by atoms with Gasteiger partial charge in [-0.3, -0.25) is 14.8 Å². The van der Waals surface area contributed by atoms with Gasteiger partial charge in [0, 0.05) is 43.2 Å². The first-order valence-electron chi connectivity index (χ1n) is 14.7. The van der Waals surface area contributed by atoms with Gasteiger partial charge >= 0.3 is 5.97 Å². The number of carbonyl (C=O) groups excluding carboxylic acids is 1. The second kappa shape index (κ2) is 12.9. The van der Waals surface area contributed by atoms with Crippen LogP contribution in [0.25, 0.3) is 11.3 Å². The van der Waals surface area contributed by atoms with Crippen LogP contribution < -0.4 is 14.5 Å². The number of likely N-dealkylation sites (N-methyl/N-ethyl adjacent to an activating group) is 1. The first-order valence-corrected chi connectivity index (χ1v) is 14.7. The number of pyridine rings is 2. The van der Waals surface area contributed by atoms with Crippen molar-refractivity contribution in [3.63, 3.8) is 0 Å². The van der Waals surface area contributed by atoms with Crippen LogP contribution in [0.5, 0.6) is 5.75 Å². The lowest BCUT2D eigenvalue weighted by molar-refractivity contribution is -0.146. The molecule has 0 aliphatic carbocycles. The quantitative estimate of drug-likeness (QED) is 0.256. The van der Waals surface area contributed by atoms with Crippen LogP contribution in [0.2, 0.25) is 0 Å². The van der Waals surface area contributed by atoms with Gasteiger partial charge in [0.2, 0.25) is 0 Å². The van der Waals surface area contributed by atoms with Crippen molar-refractivity contribution in [2.75, 3.05) is 43.1 Å². The number of hydrogen-bond donors (Lipinski definition) is 0. The molecule has 0 saturated carbocycles. The maximum atomic E-state index is 12.8. The third-order valence-corrected chi connectivity index (χ3v) is 7.97. The molecule has 0 unspecified atom stereocenters. The molecule has 7 heteroatoms. The highest BCUT2D eigenvalue weighted by Gasteiger charge is 2.30. The molecule has 3 heterocycles. The number of ether oxygens (including phenoxy) is 2. The molecule has 41 heavy (non-hydrogen) atoms. The molecule has 0 atom stereocenters. The molecule has 0 radical (unpaired) electrons. The van der Waals surface area contributed by atoms with Crippen molar-refractivity contribution in [1.29, 1.82) is 0 Å². The molecule has 1 saturated heterocycles. The van der Waals surface area contributed by atoms with E-state index in [-0.39, 0.29) is 18.5 Å². The van der Waals surface area contributed by atoms with Gasteiger partial charge in [-0.1, -0.05) is 31.5 Å². The molecule has 0 N–H and O–H groups in total. The first-order chi connectivity index (χ1) is 19.4. The number of carbonyl (C=O) groups is 1. The molecular weight excluding hydrogens is 512 g/mol. The largest absolute Gasteiger partial charge is 0.491 e. The second-order valence-electron chi connectivity index (χ2n) is 12.4. The zero-order chi connectivity index (χ0) is 29.7. The van der Waals surface area contributed by atoms with Crippen LogP contribution in [-0.2, 0) is 16.0 Å². The molecule has 2 aromatic heterocycles. The number of aryl methyl sites for hydroxylation is 3. The summed E-state index contributed by atoms with van der Waals surface area (Å²) < 4.78 is 11.6. The maximum absolute atomic E-state index is 12.8. The normalized spacial score (nSPS) is 14.7. The van der Waals surface area contributed by atoms with Crippen molar-refractivity contribution < 1.29 is 14.3 Å². The standard InChI is InChI=1S/C34H46N4O3/c1-23(2)41-32(39)20-28-26(5)35-22-29(33(28)38-15-13-34(6,7)14-16-38)30-11-10-27(21-36-30)37(8)17-18-40-31-12-9-24(3)19-25(31)4/h9-12,19,21-23H,13-18,20H2,1-8H3. The zero-order valence-corrected chi connectivity index (χ0v) is 26.1. The van der Waals surface area contributed by atoms with Crippen molar-refractivity contribution in [2.24, 2.45) is 5.41 Å². The Kier molecular flexibility index (Phi) is 9.57. The highest BCUT2D eigenvalue weighted by molar-refractivity contribution is 5.84. The fourth-order valence-corrected chi connectivity index (χ4v) is 5.33. The van der Waals surface area contributed by atoms with E-state index in [1.54, 1.807) is 0 Å². The number of aromatic nitrogens is 2. The molecule has 0 amide bonds. The van der Waals surface area contributed by atoms with E-state index < -0.39 is 0 Å². The van der Waals surface area contributed by atoms with E-state index in [9.17, 15) is 4.79 Å². The Labute approximate surface area is 245 Å². The molecule has 1 aliphatic rings. The Morgan fingerprint density at radius 1 is 1.05 bits per heavy atom. The second-order valence-corrected chi connectivity index (χ2v) is 12.4. The van der Waals surface area contributed by atoms with E-state index in [2.05, 4.69) is 68.8 Å². The number of esters is 1. The summed E-state index contributed by atoms with van der Waals surface area (Å²) in [6.45, 7) is 17.7. The summed E-state index contributed by atoms with van der Waals surface area (Å²) in [5.41, 5.74) is 8.35. The smallest absolute Gasteiger partial charge is 0.310 e. The van der Waals surface area contributed by atoms with Crippen LogP contribution in [0.3, 0.4) is 0 Å². The van der Waals surface area contributed by atoms with Crippen LogP contribution in [0.1, 0.15) is 62.9 Å². The third kappa shape index (κ3) is 7.78. The first kappa shape index (κ1) is 30.4. The topological polar surface area (TPSA) is 67.8 Å². The van der Waals surface area contributed by atoms with E-state index >= 15 is 0 Å². The number of piperidine rings is 1. The fraction of sp³-hybridized carbons (Fsp3) is 0.500. The van der Waals surface area contributed by atoms with Crippen molar-refractivity contribution >= 4 is 17.3 Å². The monoisotopic (exact) mass is 558 g/mol. The van der Waals surface area contributed by atoms with Crippen LogP contribution in [-0.4, -0.2) is 55.3 Å². The van der Waals surface area contributed by atoms with Gasteiger partial charge in [-0.05, 0) is 76.6 Å². The fourth-order valence-electron chi connectivity index (χ4n) is 5.33. The summed E-state index contributed by atoms with van der Waals surface area (Å²) in [6.07, 6.45) is 6.03. The number of hydrogen-bond acceptors (Lipinski definition) is 7. The molecule has 220 valence electrons. The van der Waals surface area contributed by atoms with E-state index in [0.717, 1.165) is 77.7 Å². The number of benzene rings is 1. The van der Waals surface area contributed by atoms with Gasteiger partial charge in [-0.25, -0.2) is 0 Å². The zero-order valence-electron chi connectivity index (χ0n) is 26.1. The van der Waals surface area contributed by atoms with Gasteiger partial charge < -0.3 is 19.3 Å². The highest BCUT2D eigenvalue weighted by Crippen LogP contribution is 2.39. The maximum Gasteiger partial charge on any atom is 0.310 e. The van der Waals surface area contributed by atoms with Crippen LogP contribution in [0, 0.1) is 26.2 Å². The van der Waals surface area contributed by atoms with Crippen LogP contribution in [0.4, 0.5) is 11.4 Å². The highest BCUT2D eigenvalue weighted by atomic mass is 16.5. The van der Waals surface area contributed by atoms with E-state index in [1.165, 1.54) is 5.56 Å². The summed E-state index contributed by atoms with van der Waals surface area (Å²) in [5, 5.41) is 0. The summed E-state index contributed by atoms with van der Waals surface area (Å²) in [7, 11) is 2.05. The van der Waals surface area contributed by atoms with Gasteiger partial charge in [-0.15, -0.1) is 0 Å². The average molecular weight is 559 g/mol. The number of rotatable bonds is 10. The van der Waals surface area contributed by atoms with Gasteiger partial charge in [0.1, 0.15) is 12.4 Å². The molecule has 4 rings (SSSR count). The van der Waals surface area contributed by atoms with Gasteiger partial charge in [0.15, 0.2) is 0 Å². The lowest BCUT2D eigenvalue weighted by atomic mass is 9.82. The molecule has 0 spiro atoms. The molecule has 0 bridgehead atoms. The van der Waals surface area contributed by atoms with Gasteiger partial charge in [0.05, 0.1) is 42.3 Å². The predicted molar refractivity (Wildman–Crippen MR) is 167 cm³/mol. The summed E-state index contributed by atoms with van der Waals surface area (Å²) >= 11 is 0. The van der Waals surface area contributed by atoms with Crippen molar-refractivity contribution in [3.8, 4) is 17.0 Å². The van der Waals surface area contributed by atoms with Gasteiger partial charge in [0.25, 0.3) is 0 Å². The minimum absolute atomic E-state index is 0.157. The molecule has 7 nitrogen and oxygen atoms in total. The van der Waals surface area contributed by atoms with Crippen LogP contribution in [0.15, 0.2) is 42.7 Å². The Balaban J connectivity index is 1.56. The Bertz CT molecular complexity index is 1340. The lowest BCUT2D eigenvalue weighted by Gasteiger charge is -2.40. The van der Waals surface area contributed by atoms with Crippen molar-refractivity contribution in [3.05, 3.63) is 65.1 Å². The molecule has 3 aromatic rings. The summed E-state index contributed by atoms with van der Waals surface area (Å²) in [5.74, 6) is 0.694. The number of nitrogens with zero attached hydrogens (tertiary/aromatic N) is 4. The summed E-state index contributed by atoms with van der Waals surface area (Å²) in [4.78, 5) is 26.9. The van der Waals surface area contributed by atoms with E-state index in [1.807, 2.05) is 39.2 Å². The SMILES string of the molecule is Cc1ccc(OCCN(C)c2ccc(-c3cnc(C)c(CC(=O)OC(C)C)c3N3CCC(C)(C)CC3)nc2)c(C)c1. The Hall–Kier alpha value is -3.61. The van der Waals surface area contributed by atoms with E-state index in [4.69, 9.17) is 19.4 Å². The third-order valence-electron chi connectivity index (χ3n) is 7.97. The Morgan fingerprint density at radius 2 is 1.78 bits per heavy atom. The predicted octanol–water partition coefficient (Wildman–Crippen LogP) is 6.70. The molecular formula is C34H46N4O3. The van der Waals surface area contributed by atoms with Crippen molar-refractivity contribution in [1.82, 2.24) is 9.97 Å². The Morgan fingerprint density at radius 3 is 2.41 bits per heavy atom. The molecule has 1 aromatic carbocycles. The summed E-state index contributed by atoms with van der Waals surface area (Å²) in [6, 6.07) is 10.4. The lowest BCUT2D eigenvalue weighted by Crippen LogP contribution is -2.38. The van der Waals surface area contributed by atoms with Crippen LogP contribution >= 0.6 is 0 Å². The molecule has 1 aliphatic heterocycles. The van der Waals surface area contributed by atoms with E-state index in [0.29, 0.717) is 12.0 Å². The average Bonchev–Trinajstić information content (AvgIpc) is 2.91. The molecule has 1 fully saturated rings.